The van der Waals surface area contributed by atoms with Crippen LogP contribution >= 0.6 is 0 Å². The molecule has 0 atom stereocenters. The minimum atomic E-state index is -0.330. The molecule has 0 bridgehead atoms. The zero-order valence-electron chi connectivity index (χ0n) is 16.9. The summed E-state index contributed by atoms with van der Waals surface area (Å²) in [5, 5.41) is 5.64. The summed E-state index contributed by atoms with van der Waals surface area (Å²) in [5.41, 5.74) is 4.44. The van der Waals surface area contributed by atoms with Crippen molar-refractivity contribution in [1.82, 2.24) is 9.88 Å². The number of nitrogens with one attached hydrogen (secondary N) is 2. The molecule has 0 saturated carbocycles. The van der Waals surface area contributed by atoms with Crippen LogP contribution in [0.1, 0.15) is 17.0 Å². The summed E-state index contributed by atoms with van der Waals surface area (Å²) in [6.45, 7) is 4.31. The molecule has 0 aliphatic rings. The Balaban J connectivity index is 1.68. The molecule has 3 rings (SSSR count). The molecule has 2 aromatic carbocycles. The second-order valence-corrected chi connectivity index (χ2v) is 6.59. The normalized spacial score (nSPS) is 10.5. The molecule has 0 aliphatic carbocycles. The first-order valence-electron chi connectivity index (χ1n) is 9.13. The molecule has 6 nitrogen and oxygen atoms in total. The van der Waals surface area contributed by atoms with Crippen molar-refractivity contribution in [2.24, 2.45) is 0 Å². The number of aryl methyl sites for hydroxylation is 1. The van der Waals surface area contributed by atoms with E-state index in [1.54, 1.807) is 44.6 Å². The Bertz CT molecular complexity index is 1010. The van der Waals surface area contributed by atoms with Gasteiger partial charge in [0.25, 0.3) is 0 Å². The van der Waals surface area contributed by atoms with Crippen LogP contribution in [0.25, 0.3) is 5.69 Å². The number of carbonyl (C=O) groups is 1. The number of rotatable bonds is 6. The van der Waals surface area contributed by atoms with Crippen molar-refractivity contribution >= 4 is 11.7 Å². The third kappa shape index (κ3) is 4.51. The topological polar surface area (TPSA) is 64.5 Å². The lowest BCUT2D eigenvalue weighted by Crippen LogP contribution is -2.28. The standard InChI is InChI=1S/C22H24FN3O3/c1-14-11-16(15(2)26(14)19-8-5-17(23)6-9-19)13-24-22(27)25-18-7-10-20(28-3)21(12-18)29-4/h5-12H,13H2,1-4H3,(H2,24,25,27). The van der Waals surface area contributed by atoms with Crippen molar-refractivity contribution in [2.75, 3.05) is 19.5 Å². The van der Waals surface area contributed by atoms with Crippen molar-refractivity contribution in [3.63, 3.8) is 0 Å². The Morgan fingerprint density at radius 2 is 1.69 bits per heavy atom. The smallest absolute Gasteiger partial charge is 0.319 e. The van der Waals surface area contributed by atoms with Crippen LogP contribution in [0, 0.1) is 19.7 Å². The third-order valence-electron chi connectivity index (χ3n) is 4.70. The quantitative estimate of drug-likeness (QED) is 0.640. The molecular weight excluding hydrogens is 373 g/mol. The highest BCUT2D eigenvalue weighted by Gasteiger charge is 2.12. The minimum absolute atomic E-state index is 0.273. The Kier molecular flexibility index (Phi) is 6.07. The number of amides is 2. The molecule has 152 valence electrons. The lowest BCUT2D eigenvalue weighted by atomic mass is 10.2. The SMILES string of the molecule is COc1ccc(NC(=O)NCc2cc(C)n(-c3ccc(F)cc3)c2C)cc1OC. The number of urea groups is 1. The first-order chi connectivity index (χ1) is 13.9. The van der Waals surface area contributed by atoms with E-state index in [9.17, 15) is 9.18 Å². The van der Waals surface area contributed by atoms with Gasteiger partial charge in [-0.25, -0.2) is 9.18 Å². The van der Waals surface area contributed by atoms with Crippen LogP contribution in [-0.2, 0) is 6.54 Å². The van der Waals surface area contributed by atoms with E-state index >= 15 is 0 Å². The molecule has 0 fully saturated rings. The molecule has 0 saturated heterocycles. The first-order valence-corrected chi connectivity index (χ1v) is 9.13. The van der Waals surface area contributed by atoms with E-state index in [0.717, 1.165) is 22.6 Å². The predicted octanol–water partition coefficient (Wildman–Crippen LogP) is 4.57. The summed E-state index contributed by atoms with van der Waals surface area (Å²) >= 11 is 0. The van der Waals surface area contributed by atoms with Crippen LogP contribution in [0.5, 0.6) is 11.5 Å². The lowest BCUT2D eigenvalue weighted by Gasteiger charge is -2.12. The summed E-state index contributed by atoms with van der Waals surface area (Å²) < 4.78 is 25.7. The van der Waals surface area contributed by atoms with Gasteiger partial charge in [0.15, 0.2) is 11.5 Å². The fourth-order valence-corrected chi connectivity index (χ4v) is 3.26. The van der Waals surface area contributed by atoms with E-state index in [-0.39, 0.29) is 11.8 Å². The van der Waals surface area contributed by atoms with Crippen LogP contribution in [0.15, 0.2) is 48.5 Å². The van der Waals surface area contributed by atoms with Gasteiger partial charge in [0.05, 0.1) is 14.2 Å². The molecule has 7 heteroatoms. The van der Waals surface area contributed by atoms with Crippen LogP contribution in [-0.4, -0.2) is 24.8 Å². The van der Waals surface area contributed by atoms with Crippen molar-refractivity contribution in [3.05, 3.63) is 71.3 Å². The summed E-state index contributed by atoms with van der Waals surface area (Å²) in [6, 6.07) is 13.2. The van der Waals surface area contributed by atoms with Crippen molar-refractivity contribution < 1.29 is 18.7 Å². The van der Waals surface area contributed by atoms with Gasteiger partial charge >= 0.3 is 6.03 Å². The second kappa shape index (κ2) is 8.68. The predicted molar refractivity (Wildman–Crippen MR) is 111 cm³/mol. The average molecular weight is 397 g/mol. The first kappa shape index (κ1) is 20.3. The number of carbonyl (C=O) groups excluding carboxylic acids is 1. The molecular formula is C22H24FN3O3. The Hall–Kier alpha value is -3.48. The maximum atomic E-state index is 13.2. The van der Waals surface area contributed by atoms with E-state index in [0.29, 0.717) is 23.7 Å². The van der Waals surface area contributed by atoms with Gasteiger partial charge in [0, 0.05) is 35.4 Å². The van der Waals surface area contributed by atoms with Gasteiger partial charge in [-0.2, -0.15) is 0 Å². The molecule has 2 amide bonds. The fraction of sp³-hybridized carbons (Fsp3) is 0.227. The zero-order valence-corrected chi connectivity index (χ0v) is 16.9. The molecule has 0 aliphatic heterocycles. The zero-order chi connectivity index (χ0) is 21.0. The van der Waals surface area contributed by atoms with E-state index in [2.05, 4.69) is 10.6 Å². The Morgan fingerprint density at radius 1 is 1.00 bits per heavy atom. The Labute approximate surface area is 169 Å². The van der Waals surface area contributed by atoms with Gasteiger partial charge in [0.1, 0.15) is 5.82 Å². The van der Waals surface area contributed by atoms with E-state index in [1.807, 2.05) is 24.5 Å². The van der Waals surface area contributed by atoms with Gasteiger partial charge in [0.2, 0.25) is 0 Å². The summed E-state index contributed by atoms with van der Waals surface area (Å²) in [5.74, 6) is 0.852. The average Bonchev–Trinajstić information content (AvgIpc) is 3.00. The van der Waals surface area contributed by atoms with E-state index < -0.39 is 0 Å². The highest BCUT2D eigenvalue weighted by Crippen LogP contribution is 2.29. The number of aromatic nitrogens is 1. The number of hydrogen-bond acceptors (Lipinski definition) is 3. The number of benzene rings is 2. The van der Waals surface area contributed by atoms with Gasteiger partial charge in [-0.3, -0.25) is 0 Å². The van der Waals surface area contributed by atoms with E-state index in [4.69, 9.17) is 9.47 Å². The summed E-state index contributed by atoms with van der Waals surface area (Å²) in [6.07, 6.45) is 0. The largest absolute Gasteiger partial charge is 0.493 e. The maximum absolute atomic E-state index is 13.2. The van der Waals surface area contributed by atoms with Crippen LogP contribution in [0.2, 0.25) is 0 Å². The van der Waals surface area contributed by atoms with Crippen LogP contribution in [0.4, 0.5) is 14.9 Å². The molecule has 2 N–H and O–H groups in total. The number of anilines is 1. The number of methoxy groups -OCH3 is 2. The minimum Gasteiger partial charge on any atom is -0.493 e. The Morgan fingerprint density at radius 3 is 2.34 bits per heavy atom. The van der Waals surface area contributed by atoms with Gasteiger partial charge < -0.3 is 24.7 Å². The molecule has 0 unspecified atom stereocenters. The fourth-order valence-electron chi connectivity index (χ4n) is 3.26. The molecule has 0 radical (unpaired) electrons. The van der Waals surface area contributed by atoms with E-state index in [1.165, 1.54) is 12.1 Å². The molecule has 1 aromatic heterocycles. The van der Waals surface area contributed by atoms with Gasteiger partial charge in [-0.1, -0.05) is 0 Å². The highest BCUT2D eigenvalue weighted by molar-refractivity contribution is 5.89. The van der Waals surface area contributed by atoms with Gasteiger partial charge in [-0.15, -0.1) is 0 Å². The number of ether oxygens (including phenoxy) is 2. The molecule has 0 spiro atoms. The molecule has 1 heterocycles. The second-order valence-electron chi connectivity index (χ2n) is 6.59. The summed E-state index contributed by atoms with van der Waals surface area (Å²) in [4.78, 5) is 12.3. The molecule has 29 heavy (non-hydrogen) atoms. The van der Waals surface area contributed by atoms with Gasteiger partial charge in [-0.05, 0) is 61.9 Å². The van der Waals surface area contributed by atoms with Crippen molar-refractivity contribution in [1.29, 1.82) is 0 Å². The molecule has 3 aromatic rings. The number of hydrogen-bond donors (Lipinski definition) is 2. The monoisotopic (exact) mass is 397 g/mol. The number of nitrogens with zero attached hydrogens (tertiary/aromatic N) is 1. The van der Waals surface area contributed by atoms with Crippen molar-refractivity contribution in [2.45, 2.75) is 20.4 Å². The number of halogens is 1. The van der Waals surface area contributed by atoms with Crippen LogP contribution in [0.3, 0.4) is 0 Å². The maximum Gasteiger partial charge on any atom is 0.319 e. The summed E-state index contributed by atoms with van der Waals surface area (Å²) in [7, 11) is 3.10. The van der Waals surface area contributed by atoms with Crippen LogP contribution < -0.4 is 20.1 Å². The van der Waals surface area contributed by atoms with Crippen molar-refractivity contribution in [3.8, 4) is 17.2 Å². The third-order valence-corrected chi connectivity index (χ3v) is 4.70. The highest BCUT2D eigenvalue weighted by atomic mass is 19.1. The lowest BCUT2D eigenvalue weighted by molar-refractivity contribution is 0.251.